The summed E-state index contributed by atoms with van der Waals surface area (Å²) in [6.07, 6.45) is 0.497. The van der Waals surface area contributed by atoms with Crippen LogP contribution >= 0.6 is 0 Å². The molecule has 4 nitrogen and oxygen atoms in total. The van der Waals surface area contributed by atoms with E-state index in [4.69, 9.17) is 9.47 Å². The van der Waals surface area contributed by atoms with E-state index in [1.54, 1.807) is 0 Å². The molecule has 120 valence electrons. The van der Waals surface area contributed by atoms with Crippen LogP contribution in [-0.4, -0.2) is 24.0 Å². The highest BCUT2D eigenvalue weighted by atomic mass is 16.6. The summed E-state index contributed by atoms with van der Waals surface area (Å²) in [6, 6.07) is 15.9. The molecule has 2 aromatic carbocycles. The van der Waals surface area contributed by atoms with Crippen molar-refractivity contribution in [2.24, 2.45) is 0 Å². The van der Waals surface area contributed by atoms with Crippen LogP contribution in [0.2, 0.25) is 0 Å². The molecule has 0 aromatic heterocycles. The van der Waals surface area contributed by atoms with Gasteiger partial charge in [0.25, 0.3) is 0 Å². The molecule has 4 heteroatoms. The maximum Gasteiger partial charge on any atom is 0.222 e. The zero-order valence-corrected chi connectivity index (χ0v) is 13.3. The van der Waals surface area contributed by atoms with Crippen LogP contribution in [0.15, 0.2) is 48.5 Å². The van der Waals surface area contributed by atoms with Gasteiger partial charge in [0, 0.05) is 19.5 Å². The van der Waals surface area contributed by atoms with E-state index in [1.165, 1.54) is 0 Å². The summed E-state index contributed by atoms with van der Waals surface area (Å²) in [7, 11) is 0. The van der Waals surface area contributed by atoms with E-state index in [0.29, 0.717) is 32.7 Å². The number of rotatable bonds is 5. The minimum absolute atomic E-state index is 0.142. The number of ether oxygens (including phenoxy) is 2. The Balaban J connectivity index is 1.77. The van der Waals surface area contributed by atoms with Crippen molar-refractivity contribution < 1.29 is 14.3 Å². The summed E-state index contributed by atoms with van der Waals surface area (Å²) < 4.78 is 11.2. The normalized spacial score (nSPS) is 12.7. The van der Waals surface area contributed by atoms with Crippen LogP contribution in [0.4, 0.5) is 0 Å². The van der Waals surface area contributed by atoms with Crippen molar-refractivity contribution in [3.63, 3.8) is 0 Å². The Morgan fingerprint density at radius 2 is 1.65 bits per heavy atom. The minimum atomic E-state index is 0.142. The van der Waals surface area contributed by atoms with Crippen molar-refractivity contribution in [1.29, 1.82) is 0 Å². The maximum absolute atomic E-state index is 12.3. The van der Waals surface area contributed by atoms with Crippen LogP contribution in [0.1, 0.15) is 24.5 Å². The lowest BCUT2D eigenvalue weighted by Crippen LogP contribution is -2.29. The van der Waals surface area contributed by atoms with Crippen LogP contribution in [0.3, 0.4) is 0 Å². The summed E-state index contributed by atoms with van der Waals surface area (Å²) >= 11 is 0. The van der Waals surface area contributed by atoms with Crippen LogP contribution in [0, 0.1) is 0 Å². The first kappa shape index (κ1) is 15.4. The number of hydrogen-bond acceptors (Lipinski definition) is 3. The molecule has 0 atom stereocenters. The van der Waals surface area contributed by atoms with Crippen molar-refractivity contribution in [2.75, 3.05) is 13.2 Å². The fourth-order valence-corrected chi connectivity index (χ4v) is 2.67. The Morgan fingerprint density at radius 1 is 0.957 bits per heavy atom. The molecule has 1 amide bonds. The quantitative estimate of drug-likeness (QED) is 0.849. The summed E-state index contributed by atoms with van der Waals surface area (Å²) in [4.78, 5) is 14.2. The van der Waals surface area contributed by atoms with Crippen LogP contribution < -0.4 is 9.47 Å². The van der Waals surface area contributed by atoms with Crippen molar-refractivity contribution in [3.8, 4) is 11.5 Å². The Morgan fingerprint density at radius 3 is 2.39 bits per heavy atom. The number of nitrogens with zero attached hydrogens (tertiary/aromatic N) is 1. The topological polar surface area (TPSA) is 38.8 Å². The van der Waals surface area contributed by atoms with Crippen molar-refractivity contribution in [1.82, 2.24) is 4.90 Å². The first-order valence-electron chi connectivity index (χ1n) is 7.96. The number of fused-ring (bicyclic) bond motifs is 1. The molecule has 0 saturated carbocycles. The average molecular weight is 311 g/mol. The van der Waals surface area contributed by atoms with Gasteiger partial charge >= 0.3 is 0 Å². The molecular weight excluding hydrogens is 290 g/mol. The zero-order chi connectivity index (χ0) is 16.1. The van der Waals surface area contributed by atoms with Crippen molar-refractivity contribution >= 4 is 5.91 Å². The van der Waals surface area contributed by atoms with Gasteiger partial charge in [-0.05, 0) is 23.3 Å². The lowest BCUT2D eigenvalue weighted by atomic mass is 10.1. The largest absolute Gasteiger partial charge is 0.486 e. The molecule has 23 heavy (non-hydrogen) atoms. The summed E-state index contributed by atoms with van der Waals surface area (Å²) in [5.74, 6) is 1.68. The summed E-state index contributed by atoms with van der Waals surface area (Å²) in [6.45, 7) is 4.23. The maximum atomic E-state index is 12.3. The van der Waals surface area contributed by atoms with Gasteiger partial charge in [-0.3, -0.25) is 4.79 Å². The highest BCUT2D eigenvalue weighted by Gasteiger charge is 2.16. The second-order valence-corrected chi connectivity index (χ2v) is 5.57. The van der Waals surface area contributed by atoms with Gasteiger partial charge in [-0.25, -0.2) is 0 Å². The van der Waals surface area contributed by atoms with E-state index >= 15 is 0 Å². The smallest absolute Gasteiger partial charge is 0.222 e. The highest BCUT2D eigenvalue weighted by Crippen LogP contribution is 2.31. The number of carbonyl (C=O) groups is 1. The second-order valence-electron chi connectivity index (χ2n) is 5.57. The Kier molecular flexibility index (Phi) is 4.81. The van der Waals surface area contributed by atoms with E-state index in [0.717, 1.165) is 22.6 Å². The van der Waals surface area contributed by atoms with E-state index in [1.807, 2.05) is 60.4 Å². The summed E-state index contributed by atoms with van der Waals surface area (Å²) in [5, 5.41) is 0. The number of amides is 1. The van der Waals surface area contributed by atoms with Crippen LogP contribution in [0.5, 0.6) is 11.5 Å². The van der Waals surface area contributed by atoms with E-state index < -0.39 is 0 Å². The van der Waals surface area contributed by atoms with Crippen molar-refractivity contribution in [2.45, 2.75) is 26.4 Å². The molecule has 2 aromatic rings. The fraction of sp³-hybridized carbons (Fsp3) is 0.316. The summed E-state index contributed by atoms with van der Waals surface area (Å²) in [5.41, 5.74) is 2.18. The monoisotopic (exact) mass is 311 g/mol. The molecule has 1 aliphatic rings. The Bertz CT molecular complexity index is 670. The molecule has 0 aliphatic carbocycles. The van der Waals surface area contributed by atoms with Gasteiger partial charge < -0.3 is 14.4 Å². The lowest BCUT2D eigenvalue weighted by molar-refractivity contribution is -0.132. The minimum Gasteiger partial charge on any atom is -0.486 e. The van der Waals surface area contributed by atoms with Gasteiger partial charge in [-0.1, -0.05) is 43.3 Å². The Hall–Kier alpha value is -2.49. The predicted molar refractivity (Wildman–Crippen MR) is 88.4 cm³/mol. The van der Waals surface area contributed by atoms with Gasteiger partial charge in [-0.15, -0.1) is 0 Å². The van der Waals surface area contributed by atoms with Gasteiger partial charge in [0.05, 0.1) is 0 Å². The third-order valence-corrected chi connectivity index (χ3v) is 3.85. The molecule has 0 saturated heterocycles. The van der Waals surface area contributed by atoms with Gasteiger partial charge in [0.15, 0.2) is 11.5 Å². The zero-order valence-electron chi connectivity index (χ0n) is 13.3. The molecule has 0 radical (unpaired) electrons. The number of carbonyl (C=O) groups excluding carboxylic acids is 1. The number of hydrogen-bond donors (Lipinski definition) is 0. The molecule has 0 N–H and O–H groups in total. The molecule has 0 spiro atoms. The second kappa shape index (κ2) is 7.18. The van der Waals surface area contributed by atoms with E-state index in [-0.39, 0.29) is 5.91 Å². The molecule has 0 unspecified atom stereocenters. The first-order valence-corrected chi connectivity index (χ1v) is 7.96. The lowest BCUT2D eigenvalue weighted by Gasteiger charge is -2.24. The molecule has 0 fully saturated rings. The molecule has 0 bridgehead atoms. The van der Waals surface area contributed by atoms with Gasteiger partial charge in [-0.2, -0.15) is 0 Å². The van der Waals surface area contributed by atoms with Crippen molar-refractivity contribution in [3.05, 3.63) is 59.7 Å². The standard InChI is InChI=1S/C19H21NO3/c1-2-19(21)20(13-15-6-4-3-5-7-15)14-16-8-9-17-18(12-16)23-11-10-22-17/h3-9,12H,2,10-11,13-14H2,1H3. The van der Waals surface area contributed by atoms with E-state index in [2.05, 4.69) is 0 Å². The molecule has 3 rings (SSSR count). The Labute approximate surface area is 136 Å². The first-order chi connectivity index (χ1) is 11.3. The van der Waals surface area contributed by atoms with Gasteiger partial charge in [0.1, 0.15) is 13.2 Å². The van der Waals surface area contributed by atoms with Crippen LogP contribution in [0.25, 0.3) is 0 Å². The van der Waals surface area contributed by atoms with E-state index in [9.17, 15) is 4.79 Å². The highest BCUT2D eigenvalue weighted by molar-refractivity contribution is 5.75. The fourth-order valence-electron chi connectivity index (χ4n) is 2.67. The predicted octanol–water partition coefficient (Wildman–Crippen LogP) is 3.40. The third-order valence-electron chi connectivity index (χ3n) is 3.85. The molecule has 1 heterocycles. The third kappa shape index (κ3) is 3.83. The van der Waals surface area contributed by atoms with Crippen LogP contribution in [-0.2, 0) is 17.9 Å². The average Bonchev–Trinajstić information content (AvgIpc) is 2.61. The molecular formula is C19H21NO3. The van der Waals surface area contributed by atoms with Gasteiger partial charge in [0.2, 0.25) is 5.91 Å². The molecule has 1 aliphatic heterocycles. The SMILES string of the molecule is CCC(=O)N(Cc1ccccc1)Cc1ccc2c(c1)OCCO2. The number of benzene rings is 2.